The number of halogens is 1. The smallest absolute Gasteiger partial charge is 0.341 e. The van der Waals surface area contributed by atoms with Crippen LogP contribution >= 0.6 is 0 Å². The number of carbonyl (C=O) groups is 1. The summed E-state index contributed by atoms with van der Waals surface area (Å²) in [5.74, 6) is -1.71. The SMILES string of the molecule is Cc1cc([N+](=O)[O-])cc(C(=O)OC2COC2)c1F. The fourth-order valence-electron chi connectivity index (χ4n) is 1.50. The second-order valence-corrected chi connectivity index (χ2v) is 3.95. The number of nitro benzene ring substituents is 1. The fraction of sp³-hybridized carbons (Fsp3) is 0.364. The summed E-state index contributed by atoms with van der Waals surface area (Å²) < 4.78 is 23.4. The first-order valence-corrected chi connectivity index (χ1v) is 5.22. The number of hydrogen-bond donors (Lipinski definition) is 0. The van der Waals surface area contributed by atoms with Crippen molar-refractivity contribution >= 4 is 11.7 Å². The third kappa shape index (κ3) is 2.30. The van der Waals surface area contributed by atoms with Gasteiger partial charge in [-0.15, -0.1) is 0 Å². The molecule has 0 radical (unpaired) electrons. The van der Waals surface area contributed by atoms with Gasteiger partial charge in [-0.25, -0.2) is 9.18 Å². The summed E-state index contributed by atoms with van der Waals surface area (Å²) in [4.78, 5) is 21.6. The minimum atomic E-state index is -0.910. The number of nitrogens with zero attached hydrogens (tertiary/aromatic N) is 1. The molecule has 0 unspecified atom stereocenters. The topological polar surface area (TPSA) is 78.7 Å². The van der Waals surface area contributed by atoms with Gasteiger partial charge in [0.2, 0.25) is 0 Å². The van der Waals surface area contributed by atoms with E-state index in [0.717, 1.165) is 12.1 Å². The second kappa shape index (κ2) is 4.69. The normalized spacial score (nSPS) is 15.0. The molecule has 7 heteroatoms. The Morgan fingerprint density at radius 3 is 2.72 bits per heavy atom. The van der Waals surface area contributed by atoms with Gasteiger partial charge in [-0.3, -0.25) is 10.1 Å². The molecule has 0 N–H and O–H groups in total. The summed E-state index contributed by atoms with van der Waals surface area (Å²) in [6.45, 7) is 1.88. The van der Waals surface area contributed by atoms with Gasteiger partial charge in [0.05, 0.1) is 18.1 Å². The van der Waals surface area contributed by atoms with Crippen LogP contribution in [0.15, 0.2) is 12.1 Å². The van der Waals surface area contributed by atoms with Crippen molar-refractivity contribution in [3.05, 3.63) is 39.2 Å². The highest BCUT2D eigenvalue weighted by atomic mass is 19.1. The zero-order valence-corrected chi connectivity index (χ0v) is 9.51. The van der Waals surface area contributed by atoms with Crippen LogP contribution in [0, 0.1) is 22.9 Å². The van der Waals surface area contributed by atoms with Crippen LogP contribution in [-0.4, -0.2) is 30.2 Å². The summed E-state index contributed by atoms with van der Waals surface area (Å²) >= 11 is 0. The molecule has 1 aromatic carbocycles. The molecule has 1 heterocycles. The maximum absolute atomic E-state index is 13.7. The van der Waals surface area contributed by atoms with E-state index in [1.165, 1.54) is 6.92 Å². The molecule has 18 heavy (non-hydrogen) atoms. The van der Waals surface area contributed by atoms with E-state index in [4.69, 9.17) is 9.47 Å². The lowest BCUT2D eigenvalue weighted by Gasteiger charge is -2.25. The number of rotatable bonds is 3. The van der Waals surface area contributed by atoms with Crippen LogP contribution in [0.4, 0.5) is 10.1 Å². The molecular weight excluding hydrogens is 245 g/mol. The lowest BCUT2D eigenvalue weighted by atomic mass is 10.1. The standard InChI is InChI=1S/C11H10FNO5/c1-6-2-7(13(15)16)3-9(10(6)12)11(14)18-8-4-17-5-8/h2-3,8H,4-5H2,1H3. The molecule has 6 nitrogen and oxygen atoms in total. The van der Waals surface area contributed by atoms with E-state index in [1.807, 2.05) is 0 Å². The van der Waals surface area contributed by atoms with Crippen LogP contribution in [0.5, 0.6) is 0 Å². The Bertz CT molecular complexity index is 512. The van der Waals surface area contributed by atoms with Crippen molar-refractivity contribution in [2.24, 2.45) is 0 Å². The molecule has 0 aliphatic carbocycles. The van der Waals surface area contributed by atoms with E-state index < -0.39 is 28.4 Å². The van der Waals surface area contributed by atoms with Gasteiger partial charge >= 0.3 is 5.97 Å². The lowest BCUT2D eigenvalue weighted by molar-refractivity contribution is -0.385. The van der Waals surface area contributed by atoms with Crippen molar-refractivity contribution in [2.45, 2.75) is 13.0 Å². The molecule has 0 bridgehead atoms. The van der Waals surface area contributed by atoms with Crippen LogP contribution < -0.4 is 0 Å². The first kappa shape index (κ1) is 12.4. The fourth-order valence-corrected chi connectivity index (χ4v) is 1.50. The first-order valence-electron chi connectivity index (χ1n) is 5.22. The molecule has 1 fully saturated rings. The zero-order valence-electron chi connectivity index (χ0n) is 9.51. The van der Waals surface area contributed by atoms with Gasteiger partial charge in [0.1, 0.15) is 17.5 Å². The summed E-state index contributed by atoms with van der Waals surface area (Å²) in [6.07, 6.45) is -0.406. The monoisotopic (exact) mass is 255 g/mol. The van der Waals surface area contributed by atoms with E-state index in [2.05, 4.69) is 0 Å². The highest BCUT2D eigenvalue weighted by molar-refractivity contribution is 5.91. The Morgan fingerprint density at radius 1 is 1.56 bits per heavy atom. The lowest BCUT2D eigenvalue weighted by Crippen LogP contribution is -2.38. The molecule has 1 aliphatic rings. The maximum atomic E-state index is 13.7. The molecule has 2 rings (SSSR count). The third-order valence-electron chi connectivity index (χ3n) is 2.55. The van der Waals surface area contributed by atoms with Gasteiger partial charge in [0.15, 0.2) is 0 Å². The van der Waals surface area contributed by atoms with E-state index in [-0.39, 0.29) is 24.5 Å². The summed E-state index contributed by atoms with van der Waals surface area (Å²) in [7, 11) is 0. The highest BCUT2D eigenvalue weighted by Gasteiger charge is 2.27. The first-order chi connectivity index (χ1) is 8.49. The van der Waals surface area contributed by atoms with Crippen molar-refractivity contribution < 1.29 is 23.6 Å². The van der Waals surface area contributed by atoms with E-state index in [1.54, 1.807) is 0 Å². The van der Waals surface area contributed by atoms with Crippen molar-refractivity contribution in [1.82, 2.24) is 0 Å². The number of non-ortho nitro benzene ring substituents is 1. The Labute approximate surface area is 101 Å². The summed E-state index contributed by atoms with van der Waals surface area (Å²) in [5, 5.41) is 10.6. The van der Waals surface area contributed by atoms with E-state index in [9.17, 15) is 19.3 Å². The van der Waals surface area contributed by atoms with Crippen LogP contribution in [0.3, 0.4) is 0 Å². The van der Waals surface area contributed by atoms with Gasteiger partial charge in [-0.05, 0) is 12.5 Å². The molecule has 0 atom stereocenters. The highest BCUT2D eigenvalue weighted by Crippen LogP contribution is 2.22. The summed E-state index contributed by atoms with van der Waals surface area (Å²) in [5.41, 5.74) is -0.736. The number of nitro groups is 1. The molecule has 0 saturated carbocycles. The predicted octanol–water partition coefficient (Wildman–Crippen LogP) is 1.60. The van der Waals surface area contributed by atoms with E-state index in [0.29, 0.717) is 0 Å². The number of esters is 1. The number of carbonyl (C=O) groups excluding carboxylic acids is 1. The van der Waals surface area contributed by atoms with Gasteiger partial charge in [-0.2, -0.15) is 0 Å². The van der Waals surface area contributed by atoms with Crippen LogP contribution in [-0.2, 0) is 9.47 Å². The van der Waals surface area contributed by atoms with Crippen LogP contribution in [0.25, 0.3) is 0 Å². The maximum Gasteiger partial charge on any atom is 0.341 e. The molecule has 0 aromatic heterocycles. The zero-order chi connectivity index (χ0) is 13.3. The number of ether oxygens (including phenoxy) is 2. The molecule has 96 valence electrons. The van der Waals surface area contributed by atoms with Crippen molar-refractivity contribution in [1.29, 1.82) is 0 Å². The largest absolute Gasteiger partial charge is 0.454 e. The molecular formula is C11H10FNO5. The Kier molecular flexibility index (Phi) is 3.24. The third-order valence-corrected chi connectivity index (χ3v) is 2.55. The van der Waals surface area contributed by atoms with E-state index >= 15 is 0 Å². The van der Waals surface area contributed by atoms with Gasteiger partial charge < -0.3 is 9.47 Å². The van der Waals surface area contributed by atoms with Gasteiger partial charge in [0, 0.05) is 12.1 Å². The second-order valence-electron chi connectivity index (χ2n) is 3.95. The predicted molar refractivity (Wildman–Crippen MR) is 57.8 cm³/mol. The average Bonchev–Trinajstić information content (AvgIpc) is 2.26. The van der Waals surface area contributed by atoms with Gasteiger partial charge in [-0.1, -0.05) is 0 Å². The summed E-state index contributed by atoms with van der Waals surface area (Å²) in [6, 6.07) is 1.95. The Hall–Kier alpha value is -2.02. The van der Waals surface area contributed by atoms with Crippen molar-refractivity contribution in [3.63, 3.8) is 0 Å². The van der Waals surface area contributed by atoms with Crippen molar-refractivity contribution in [3.8, 4) is 0 Å². The number of benzene rings is 1. The molecule has 0 amide bonds. The molecule has 1 aromatic rings. The molecule has 0 spiro atoms. The number of aryl methyl sites for hydroxylation is 1. The van der Waals surface area contributed by atoms with Crippen molar-refractivity contribution in [2.75, 3.05) is 13.2 Å². The number of hydrogen-bond acceptors (Lipinski definition) is 5. The molecule has 1 aliphatic heterocycles. The average molecular weight is 255 g/mol. The molecule has 1 saturated heterocycles. The quantitative estimate of drug-likeness (QED) is 0.465. The van der Waals surface area contributed by atoms with Crippen LogP contribution in [0.1, 0.15) is 15.9 Å². The minimum absolute atomic E-state index is 0.0287. The van der Waals surface area contributed by atoms with Gasteiger partial charge in [0.25, 0.3) is 5.69 Å². The minimum Gasteiger partial charge on any atom is -0.454 e. The Balaban J connectivity index is 2.29. The Morgan fingerprint density at radius 2 is 2.22 bits per heavy atom. The van der Waals surface area contributed by atoms with Crippen LogP contribution in [0.2, 0.25) is 0 Å².